The Morgan fingerprint density at radius 2 is 1.11 bits per heavy atom. The Kier molecular flexibility index (Phi) is 8.04. The number of anilines is 6. The topological polar surface area (TPSA) is 31.7 Å². The Morgan fingerprint density at radius 1 is 0.574 bits per heavy atom. The highest BCUT2D eigenvalue weighted by atomic mass is 15.2. The second-order valence-corrected chi connectivity index (χ2v) is 17.2. The van der Waals surface area contributed by atoms with Crippen LogP contribution in [-0.4, -0.2) is 17.9 Å². The molecule has 0 spiro atoms. The number of aromatic nitrogens is 1. The third-order valence-corrected chi connectivity index (χ3v) is 11.4. The predicted octanol–water partition coefficient (Wildman–Crippen LogP) is 10.9. The summed E-state index contributed by atoms with van der Waals surface area (Å²) in [6.07, 6.45) is 7.33. The van der Waals surface area contributed by atoms with Crippen molar-refractivity contribution < 1.29 is 0 Å². The highest BCUT2D eigenvalue weighted by Crippen LogP contribution is 2.48. The molecule has 0 amide bonds. The van der Waals surface area contributed by atoms with Gasteiger partial charge in [-0.25, -0.2) is 0 Å². The van der Waals surface area contributed by atoms with Gasteiger partial charge in [0.05, 0.1) is 22.8 Å². The molecule has 1 unspecified atom stereocenters. The third kappa shape index (κ3) is 5.60. The maximum atomic E-state index is 5.07. The van der Waals surface area contributed by atoms with Crippen LogP contribution in [0.4, 0.5) is 34.1 Å². The lowest BCUT2D eigenvalue weighted by Crippen LogP contribution is -2.61. The molecule has 3 aliphatic heterocycles. The first kappa shape index (κ1) is 34.1. The molecule has 266 valence electrons. The number of para-hydroxylation sites is 2. The molecular weight excluding hydrogens is 655 g/mol. The Balaban J connectivity index is 1.32. The maximum Gasteiger partial charge on any atom is 0.252 e. The van der Waals surface area contributed by atoms with Gasteiger partial charge in [0.25, 0.3) is 6.71 Å². The lowest BCUT2D eigenvalue weighted by Gasteiger charge is -2.44. The molecule has 0 N–H and O–H groups in total. The molecule has 0 bridgehead atoms. The molecule has 0 aliphatic carbocycles. The molecule has 4 heterocycles. The van der Waals surface area contributed by atoms with E-state index in [1.54, 1.807) is 0 Å². The molecule has 5 heteroatoms. The highest BCUT2D eigenvalue weighted by Gasteiger charge is 2.43. The second kappa shape index (κ2) is 12.7. The van der Waals surface area contributed by atoms with E-state index >= 15 is 0 Å². The average molecular weight is 703 g/mol. The SMILES string of the molecule is CC1C=NC(c2cc(C(C)(C)C)ccc2N2c3ccccc3B3c4ccccc4N(c4ccc(C(C)(C)C)cc4-c4ccccn4)c4cccc2c43)=CC1. The number of nitrogens with zero attached hydrogens (tertiary/aromatic N) is 4. The fourth-order valence-corrected chi connectivity index (χ4v) is 8.48. The van der Waals surface area contributed by atoms with Gasteiger partial charge in [-0.3, -0.25) is 9.98 Å². The molecule has 0 fully saturated rings. The van der Waals surface area contributed by atoms with Gasteiger partial charge in [0.2, 0.25) is 0 Å². The summed E-state index contributed by atoms with van der Waals surface area (Å²) in [6, 6.07) is 45.1. The number of pyridine rings is 1. The van der Waals surface area contributed by atoms with Gasteiger partial charge in [0.15, 0.2) is 0 Å². The van der Waals surface area contributed by atoms with E-state index in [9.17, 15) is 0 Å². The minimum atomic E-state index is -0.0147. The number of benzene rings is 5. The molecule has 54 heavy (non-hydrogen) atoms. The van der Waals surface area contributed by atoms with Gasteiger partial charge in [-0.2, -0.15) is 0 Å². The zero-order chi connectivity index (χ0) is 37.4. The normalized spacial score (nSPS) is 16.1. The predicted molar refractivity (Wildman–Crippen MR) is 231 cm³/mol. The van der Waals surface area contributed by atoms with Crippen molar-refractivity contribution in [2.75, 3.05) is 9.80 Å². The molecule has 5 aromatic carbocycles. The largest absolute Gasteiger partial charge is 0.311 e. The van der Waals surface area contributed by atoms with Crippen LogP contribution in [0, 0.1) is 5.92 Å². The Hall–Kier alpha value is -5.68. The number of rotatable bonds is 4. The van der Waals surface area contributed by atoms with E-state index in [1.165, 1.54) is 55.8 Å². The lowest BCUT2D eigenvalue weighted by molar-refractivity contribution is 0.590. The minimum Gasteiger partial charge on any atom is -0.311 e. The van der Waals surface area contributed by atoms with Gasteiger partial charge in [-0.05, 0) is 111 Å². The first-order chi connectivity index (χ1) is 26.0. The van der Waals surface area contributed by atoms with E-state index in [-0.39, 0.29) is 17.5 Å². The van der Waals surface area contributed by atoms with Crippen molar-refractivity contribution in [2.24, 2.45) is 10.9 Å². The number of hydrogen-bond acceptors (Lipinski definition) is 4. The molecule has 3 aliphatic rings. The Labute approximate surface area is 321 Å². The van der Waals surface area contributed by atoms with Gasteiger partial charge in [-0.15, -0.1) is 0 Å². The van der Waals surface area contributed by atoms with Gasteiger partial charge < -0.3 is 9.80 Å². The fourth-order valence-electron chi connectivity index (χ4n) is 8.48. The summed E-state index contributed by atoms with van der Waals surface area (Å²) in [6.45, 7) is 16.0. The summed E-state index contributed by atoms with van der Waals surface area (Å²) < 4.78 is 0. The van der Waals surface area contributed by atoms with Crippen molar-refractivity contribution in [1.82, 2.24) is 4.98 Å². The highest BCUT2D eigenvalue weighted by molar-refractivity contribution is 7.00. The van der Waals surface area contributed by atoms with E-state index in [4.69, 9.17) is 9.98 Å². The molecule has 0 radical (unpaired) electrons. The average Bonchev–Trinajstić information content (AvgIpc) is 3.17. The van der Waals surface area contributed by atoms with E-state index < -0.39 is 0 Å². The monoisotopic (exact) mass is 702 g/mol. The molecular formula is C49H47BN4. The number of aliphatic imine (C=N–C) groups is 1. The molecule has 4 nitrogen and oxygen atoms in total. The van der Waals surface area contributed by atoms with Crippen LogP contribution < -0.4 is 26.2 Å². The molecule has 6 aromatic rings. The van der Waals surface area contributed by atoms with Crippen molar-refractivity contribution in [3.05, 3.63) is 150 Å². The van der Waals surface area contributed by atoms with Gasteiger partial charge >= 0.3 is 0 Å². The van der Waals surface area contributed by atoms with Crippen LogP contribution in [0.2, 0.25) is 0 Å². The van der Waals surface area contributed by atoms with Crippen molar-refractivity contribution in [2.45, 2.75) is 65.7 Å². The first-order valence-electron chi connectivity index (χ1n) is 19.4. The molecule has 9 rings (SSSR count). The van der Waals surface area contributed by atoms with Crippen molar-refractivity contribution in [3.63, 3.8) is 0 Å². The van der Waals surface area contributed by atoms with Crippen LogP contribution in [0.3, 0.4) is 0 Å². The fraction of sp³-hybridized carbons (Fsp3) is 0.224. The molecule has 0 saturated carbocycles. The van der Waals surface area contributed by atoms with Crippen LogP contribution in [0.15, 0.2) is 139 Å². The van der Waals surface area contributed by atoms with E-state index in [0.717, 1.165) is 34.8 Å². The van der Waals surface area contributed by atoms with E-state index in [1.807, 2.05) is 12.3 Å². The summed E-state index contributed by atoms with van der Waals surface area (Å²) in [7, 11) is 0. The summed E-state index contributed by atoms with van der Waals surface area (Å²) in [5.74, 6) is 0.431. The quantitative estimate of drug-likeness (QED) is 0.171. The smallest absolute Gasteiger partial charge is 0.252 e. The van der Waals surface area contributed by atoms with Crippen LogP contribution >= 0.6 is 0 Å². The van der Waals surface area contributed by atoms with Crippen molar-refractivity contribution in [3.8, 4) is 11.3 Å². The Morgan fingerprint density at radius 3 is 1.65 bits per heavy atom. The van der Waals surface area contributed by atoms with Gasteiger partial charge in [0.1, 0.15) is 0 Å². The van der Waals surface area contributed by atoms with Crippen LogP contribution in [0.1, 0.15) is 71.6 Å². The van der Waals surface area contributed by atoms with Crippen LogP contribution in [-0.2, 0) is 10.8 Å². The summed E-state index contributed by atoms with van der Waals surface area (Å²) in [4.78, 5) is 15.0. The maximum absolute atomic E-state index is 5.07. The van der Waals surface area contributed by atoms with Crippen LogP contribution in [0.25, 0.3) is 17.0 Å². The second-order valence-electron chi connectivity index (χ2n) is 17.2. The van der Waals surface area contributed by atoms with Gasteiger partial charge in [0, 0.05) is 46.3 Å². The summed E-state index contributed by atoms with van der Waals surface area (Å²) in [5, 5.41) is 0. The zero-order valence-corrected chi connectivity index (χ0v) is 32.4. The zero-order valence-electron chi connectivity index (χ0n) is 32.4. The first-order valence-corrected chi connectivity index (χ1v) is 19.4. The number of allylic oxidation sites excluding steroid dienone is 1. The molecule has 0 saturated heterocycles. The van der Waals surface area contributed by atoms with E-state index in [2.05, 4.69) is 186 Å². The molecule has 1 aromatic heterocycles. The van der Waals surface area contributed by atoms with Crippen LogP contribution in [0.5, 0.6) is 0 Å². The van der Waals surface area contributed by atoms with Crippen molar-refractivity contribution >= 4 is 69.1 Å². The minimum absolute atomic E-state index is 0.00556. The van der Waals surface area contributed by atoms with Gasteiger partial charge in [-0.1, -0.05) is 115 Å². The standard InChI is InChI=1S/C49H47BN4/c1-32-22-25-40(52-31-32)36-30-34(49(5,6)7)24-27-42(36)54-44-19-11-9-16-38(44)50-37-15-8-10-18-43(37)53(45-20-14-21-46(54)47(45)50)41-26-23-33(48(2,3)4)29-35(41)39-17-12-13-28-51-39/h8-21,23-32H,22H2,1-7H3. The number of hydrogen-bond donors (Lipinski definition) is 0. The number of fused-ring (bicyclic) bond motifs is 4. The summed E-state index contributed by atoms with van der Waals surface area (Å²) in [5.41, 5.74) is 17.8. The third-order valence-electron chi connectivity index (χ3n) is 11.4. The van der Waals surface area contributed by atoms with Crippen molar-refractivity contribution in [1.29, 1.82) is 0 Å². The Bertz CT molecular complexity index is 2480. The summed E-state index contributed by atoms with van der Waals surface area (Å²) >= 11 is 0. The lowest BCUT2D eigenvalue weighted by atomic mass is 9.33. The molecule has 1 atom stereocenters. The van der Waals surface area contributed by atoms with E-state index in [0.29, 0.717) is 5.92 Å².